The number of aryl methyl sites for hydroxylation is 2. The summed E-state index contributed by atoms with van der Waals surface area (Å²) < 4.78 is 24.0. The van der Waals surface area contributed by atoms with Crippen LogP contribution in [0.4, 0.5) is 0 Å². The number of rotatable bonds is 16. The van der Waals surface area contributed by atoms with Gasteiger partial charge in [-0.1, -0.05) is 198 Å². The van der Waals surface area contributed by atoms with Gasteiger partial charge < -0.3 is 38.9 Å². The molecule has 0 bridgehead atoms. The minimum Gasteiger partial charge on any atom is -0.430 e. The number of nitrogens with zero attached hydrogens (tertiary/aromatic N) is 4. The van der Waals surface area contributed by atoms with Gasteiger partial charge in [0, 0.05) is 63.1 Å². The van der Waals surface area contributed by atoms with Crippen molar-refractivity contribution in [3.63, 3.8) is 0 Å². The van der Waals surface area contributed by atoms with Gasteiger partial charge in [0.1, 0.15) is 23.0 Å². The average molecular weight is 1680 g/mol. The van der Waals surface area contributed by atoms with Crippen molar-refractivity contribution in [2.45, 2.75) is 13.8 Å². The molecule has 14 heteroatoms. The van der Waals surface area contributed by atoms with Crippen molar-refractivity contribution in [1.82, 2.24) is 19.9 Å². The summed E-state index contributed by atoms with van der Waals surface area (Å²) in [6.45, 7) is 3.96. The molecule has 14 aromatic rings. The second-order valence-electron chi connectivity index (χ2n) is 22.5. The number of aromatic nitrogens is 4. The Morgan fingerprint density at radius 2 is 0.510 bits per heavy atom. The fourth-order valence-electron chi connectivity index (χ4n) is 11.1. The Bertz CT molecular complexity index is 4830. The molecule has 102 heavy (non-hydrogen) atoms. The van der Waals surface area contributed by atoms with E-state index in [1.807, 2.05) is 250 Å². The van der Waals surface area contributed by atoms with E-state index in [1.165, 1.54) is 18.2 Å². The molecule has 4 heterocycles. The molecule has 12 nitrogen and oxygen atoms in total. The van der Waals surface area contributed by atoms with Crippen LogP contribution in [0.25, 0.3) is 89.5 Å². The molecule has 0 N–H and O–H groups in total. The van der Waals surface area contributed by atoms with E-state index in [0.717, 1.165) is 50.2 Å². The van der Waals surface area contributed by atoms with Gasteiger partial charge >= 0.3 is 44.0 Å². The van der Waals surface area contributed by atoms with Gasteiger partial charge in [-0.05, 0) is 129 Å². The molecule has 4 aromatic heterocycles. The topological polar surface area (TPSA) is 157 Å². The van der Waals surface area contributed by atoms with Gasteiger partial charge in [0.05, 0.1) is 0 Å². The molecule has 10 aromatic carbocycles. The van der Waals surface area contributed by atoms with Crippen LogP contribution >= 0.6 is 0 Å². The van der Waals surface area contributed by atoms with E-state index in [9.17, 15) is 19.2 Å². The van der Waals surface area contributed by atoms with Crippen molar-refractivity contribution >= 4 is 23.9 Å². The smallest absolute Gasteiger partial charge is 0.430 e. The number of carbonyl (C=O) groups excluding carboxylic acids is 4. The van der Waals surface area contributed by atoms with Gasteiger partial charge in [0.15, 0.2) is 0 Å². The number of hydrogen-bond donors (Lipinski definition) is 0. The van der Waals surface area contributed by atoms with Crippen LogP contribution < -0.4 is 18.9 Å². The van der Waals surface area contributed by atoms with E-state index >= 15 is 0 Å². The monoisotopic (exact) mass is 1680 g/mol. The maximum atomic E-state index is 14.4. The van der Waals surface area contributed by atoms with E-state index in [1.54, 1.807) is 49.1 Å². The van der Waals surface area contributed by atoms with Crippen LogP contribution in [0.3, 0.4) is 0 Å². The zero-order chi connectivity index (χ0) is 69.2. The molecule has 0 saturated carbocycles. The van der Waals surface area contributed by atoms with Crippen LogP contribution in [-0.4, -0.2) is 43.8 Å². The Morgan fingerprint density at radius 3 is 0.725 bits per heavy atom. The van der Waals surface area contributed by atoms with Gasteiger partial charge in [0.25, 0.3) is 0 Å². The van der Waals surface area contributed by atoms with Gasteiger partial charge in [-0.3, -0.25) is 19.2 Å². The van der Waals surface area contributed by atoms with Crippen molar-refractivity contribution in [3.05, 3.63) is 361 Å². The minimum atomic E-state index is -0.740. The summed E-state index contributed by atoms with van der Waals surface area (Å²) in [5, 5.41) is 0. The molecule has 0 amide bonds. The fourth-order valence-corrected chi connectivity index (χ4v) is 11.1. The van der Waals surface area contributed by atoms with Crippen LogP contribution in [0, 0.1) is 51.0 Å². The zero-order valence-corrected chi connectivity index (χ0v) is 59.5. The molecule has 0 unspecified atom stereocenters. The Labute approximate surface area is 618 Å². The van der Waals surface area contributed by atoms with E-state index in [4.69, 9.17) is 18.9 Å². The molecule has 0 aliphatic carbocycles. The zero-order valence-electron chi connectivity index (χ0n) is 54.7. The van der Waals surface area contributed by atoms with Crippen LogP contribution in [0.15, 0.2) is 304 Å². The number of ether oxygens (including phenoxy) is 4. The summed E-state index contributed by atoms with van der Waals surface area (Å²) in [5.74, 6) is -2.29. The summed E-state index contributed by atoms with van der Waals surface area (Å²) in [6.07, 6.45) is 14.8. The van der Waals surface area contributed by atoms with Gasteiger partial charge in [0.2, 0.25) is 0 Å². The third-order valence-electron chi connectivity index (χ3n) is 15.7. The van der Waals surface area contributed by atoms with Crippen LogP contribution in [0.2, 0.25) is 0 Å². The normalized spacial score (nSPS) is 10.3. The molecule has 497 valence electrons. The van der Waals surface area contributed by atoms with Gasteiger partial charge in [-0.15, -0.1) is 108 Å². The predicted octanol–water partition coefficient (Wildman–Crippen LogP) is 19.2. The SMILES string of the molecule is C#C.Cc1cc(C)cc(OC(=O)c2c[c-]c(-c3ccccn3)cc2-c2ccccc2)c1.O=C(Oc1cc(OC(=O)c2c[c-]c(-c3ccccn3)cc2-c2ccccc2)cc(OC(=O)c2c[c-]c(-c3ccccn3)cc2-c2ccccc2)c1)c1c[c-]c(-c2ccccn2)cc1-c1ccccc1.[Ir+3].[Ir]. The summed E-state index contributed by atoms with van der Waals surface area (Å²) >= 11 is 0. The molecule has 0 saturated heterocycles. The van der Waals surface area contributed by atoms with Crippen LogP contribution in [-0.2, 0) is 40.2 Å². The molecule has 0 fully saturated rings. The van der Waals surface area contributed by atoms with E-state index in [2.05, 4.69) is 57.0 Å². The number of pyridine rings is 4. The average Bonchev–Trinajstić information content (AvgIpc) is 0.920. The molecule has 0 atom stereocenters. The molecular formula is C88H58Ir2N4O8-. The predicted molar refractivity (Wildman–Crippen MR) is 388 cm³/mol. The number of carbonyl (C=O) groups is 4. The molecule has 0 aliphatic rings. The molecular weight excluding hydrogens is 1630 g/mol. The first kappa shape index (κ1) is 72.3. The van der Waals surface area contributed by atoms with Crippen molar-refractivity contribution in [2.24, 2.45) is 0 Å². The first-order valence-corrected chi connectivity index (χ1v) is 31.6. The second-order valence-corrected chi connectivity index (χ2v) is 22.5. The van der Waals surface area contributed by atoms with Crippen molar-refractivity contribution in [2.75, 3.05) is 0 Å². The van der Waals surface area contributed by atoms with Crippen LogP contribution in [0.1, 0.15) is 52.6 Å². The number of hydrogen-bond acceptors (Lipinski definition) is 12. The van der Waals surface area contributed by atoms with E-state index in [-0.39, 0.29) is 74.1 Å². The standard InChI is InChI=1S/C60H36N3O6.C26H20NO2.C2H2.2Ir/c64-58(49-28-25-43(55-22-10-13-31-61-55)34-52(49)40-16-4-1-5-17-40)67-46-37-47(68-59(65)50-29-26-44(56-23-11-14-32-62-56)35-53(50)41-18-6-2-7-19-41)39-48(38-46)69-60(66)51-30-27-45(57-24-12-15-33-63-57)36-54(51)42-20-8-3-9-21-42;1-18-14-19(2)16-22(15-18)29-26(28)23-12-11-21(25-10-6-7-13-27-25)17-24(23)20-8-4-3-5-9-20;1-2;;/h1-24,28-39H;3-10,12-17H,1-2H3;1-2H;;/q-3;-1;;;+3. The van der Waals surface area contributed by atoms with Gasteiger partial charge in [-0.25, -0.2) is 0 Å². The van der Waals surface area contributed by atoms with Crippen LogP contribution in [0.5, 0.6) is 23.0 Å². The summed E-state index contributed by atoms with van der Waals surface area (Å²) in [5.41, 5.74) is 14.6. The van der Waals surface area contributed by atoms with E-state index in [0.29, 0.717) is 61.8 Å². The molecule has 0 spiro atoms. The molecule has 1 radical (unpaired) electrons. The first-order chi connectivity index (χ1) is 49.0. The Kier molecular flexibility index (Phi) is 24.7. The maximum Gasteiger partial charge on any atom is 3.00 e. The summed E-state index contributed by atoms with van der Waals surface area (Å²) in [7, 11) is 0. The largest absolute Gasteiger partial charge is 3.00 e. The molecule has 14 rings (SSSR count). The minimum absolute atomic E-state index is 0. The number of terminal acetylenes is 1. The fraction of sp³-hybridized carbons (Fsp3) is 0.0227. The number of benzene rings is 10. The van der Waals surface area contributed by atoms with Crippen molar-refractivity contribution < 1.29 is 78.3 Å². The summed E-state index contributed by atoms with van der Waals surface area (Å²) in [4.78, 5) is 74.0. The number of esters is 4. The first-order valence-electron chi connectivity index (χ1n) is 31.6. The van der Waals surface area contributed by atoms with Crippen molar-refractivity contribution in [3.8, 4) is 125 Å². The Morgan fingerprint density at radius 1 is 0.294 bits per heavy atom. The third kappa shape index (κ3) is 17.9. The third-order valence-corrected chi connectivity index (χ3v) is 15.7. The Balaban J connectivity index is 0.000000284. The maximum absolute atomic E-state index is 14.4. The Hall–Kier alpha value is -12.5. The van der Waals surface area contributed by atoms with Crippen molar-refractivity contribution in [1.29, 1.82) is 0 Å². The van der Waals surface area contributed by atoms with E-state index < -0.39 is 23.9 Å². The summed E-state index contributed by atoms with van der Waals surface area (Å²) in [6, 6.07) is 97.0. The second kappa shape index (κ2) is 34.8. The van der Waals surface area contributed by atoms with Gasteiger partial charge in [-0.2, -0.15) is 0 Å². The molecule has 0 aliphatic heterocycles. The quantitative estimate of drug-likeness (QED) is 0.0391.